The third-order valence-corrected chi connectivity index (χ3v) is 7.92. The molecule has 154 valence electrons. The number of aromatic nitrogens is 4. The molecule has 1 aromatic carbocycles. The smallest absolute Gasteiger partial charge is 0.165 e. The van der Waals surface area contributed by atoms with Crippen molar-refractivity contribution in [1.82, 2.24) is 19.6 Å². The van der Waals surface area contributed by atoms with Crippen molar-refractivity contribution in [1.29, 1.82) is 0 Å². The monoisotopic (exact) mass is 489 g/mol. The summed E-state index contributed by atoms with van der Waals surface area (Å²) < 4.78 is 39.8. The quantitative estimate of drug-likeness (QED) is 0.429. The van der Waals surface area contributed by atoms with Crippen LogP contribution in [0.2, 0.25) is 0 Å². The summed E-state index contributed by atoms with van der Waals surface area (Å²) in [5.41, 5.74) is 3.75. The van der Waals surface area contributed by atoms with Gasteiger partial charge in [-0.05, 0) is 47.1 Å². The summed E-state index contributed by atoms with van der Waals surface area (Å²) in [4.78, 5) is 11.2. The molecule has 0 spiro atoms. The Morgan fingerprint density at radius 1 is 1.13 bits per heavy atom. The van der Waals surface area contributed by atoms with Gasteiger partial charge >= 0.3 is 0 Å². The lowest BCUT2D eigenvalue weighted by Gasteiger charge is -2.29. The summed E-state index contributed by atoms with van der Waals surface area (Å²) in [7, 11) is -2.99. The first-order valence-corrected chi connectivity index (χ1v) is 12.0. The Hall–Kier alpha value is -2.59. The molecule has 5 rings (SSSR count). The third-order valence-electron chi connectivity index (χ3n) is 5.39. The highest BCUT2D eigenvalue weighted by molar-refractivity contribution is 9.10. The Bertz CT molecular complexity index is 1410. The van der Waals surface area contributed by atoms with Gasteiger partial charge in [0.15, 0.2) is 15.5 Å². The van der Waals surface area contributed by atoms with Crippen molar-refractivity contribution < 1.29 is 12.8 Å². The highest BCUT2D eigenvalue weighted by atomic mass is 79.9. The average molecular weight is 490 g/mol. The van der Waals surface area contributed by atoms with E-state index in [0.717, 1.165) is 21.3 Å². The van der Waals surface area contributed by atoms with Crippen LogP contribution in [0, 0.1) is 12.7 Å². The predicted molar refractivity (Wildman–Crippen MR) is 117 cm³/mol. The predicted octanol–water partition coefficient (Wildman–Crippen LogP) is 3.39. The number of sulfone groups is 1. The van der Waals surface area contributed by atoms with Gasteiger partial charge in [-0.3, -0.25) is 4.98 Å². The molecular weight excluding hydrogens is 473 g/mol. The maximum atomic E-state index is 13.7. The van der Waals surface area contributed by atoms with Crippen molar-refractivity contribution in [3.8, 4) is 11.1 Å². The first kappa shape index (κ1) is 19.4. The number of hydrogen-bond donors (Lipinski definition) is 0. The van der Waals surface area contributed by atoms with Gasteiger partial charge < -0.3 is 4.90 Å². The lowest BCUT2D eigenvalue weighted by molar-refractivity contribution is 0.586. The number of halogens is 2. The average Bonchev–Trinajstić information content (AvgIpc) is 3.14. The van der Waals surface area contributed by atoms with Crippen LogP contribution >= 0.6 is 15.9 Å². The fraction of sp³-hybridized carbons (Fsp3) is 0.250. The Kier molecular flexibility index (Phi) is 4.51. The van der Waals surface area contributed by atoms with E-state index >= 15 is 0 Å². The molecule has 0 amide bonds. The lowest BCUT2D eigenvalue weighted by Crippen LogP contribution is -2.41. The van der Waals surface area contributed by atoms with E-state index in [1.165, 1.54) is 12.1 Å². The van der Waals surface area contributed by atoms with E-state index < -0.39 is 9.84 Å². The largest absolute Gasteiger partial charge is 0.354 e. The molecule has 1 aliphatic heterocycles. The van der Waals surface area contributed by atoms with Crippen molar-refractivity contribution in [3.63, 3.8) is 0 Å². The molecule has 0 bridgehead atoms. The summed E-state index contributed by atoms with van der Waals surface area (Å²) >= 11 is 3.60. The molecule has 30 heavy (non-hydrogen) atoms. The summed E-state index contributed by atoms with van der Waals surface area (Å²) in [6, 6.07) is 6.35. The number of anilines is 1. The lowest BCUT2D eigenvalue weighted by atomic mass is 10.1. The summed E-state index contributed by atoms with van der Waals surface area (Å²) in [6.45, 7) is 2.71. The maximum absolute atomic E-state index is 13.7. The second kappa shape index (κ2) is 6.98. The zero-order chi connectivity index (χ0) is 21.0. The number of rotatable bonds is 2. The fourth-order valence-electron chi connectivity index (χ4n) is 3.69. The van der Waals surface area contributed by atoms with Crippen molar-refractivity contribution in [2.24, 2.45) is 0 Å². The Morgan fingerprint density at radius 2 is 1.90 bits per heavy atom. The number of benzene rings is 1. The normalized spacial score (nSPS) is 16.4. The van der Waals surface area contributed by atoms with Crippen LogP contribution < -0.4 is 4.90 Å². The zero-order valence-electron chi connectivity index (χ0n) is 16.0. The second-order valence-corrected chi connectivity index (χ2v) is 10.4. The highest BCUT2D eigenvalue weighted by Gasteiger charge is 2.26. The molecule has 0 aliphatic carbocycles. The molecule has 0 atom stereocenters. The van der Waals surface area contributed by atoms with Crippen molar-refractivity contribution in [3.05, 3.63) is 52.6 Å². The molecule has 0 N–H and O–H groups in total. The fourth-order valence-corrected chi connectivity index (χ4v) is 5.39. The van der Waals surface area contributed by atoms with E-state index in [1.54, 1.807) is 23.0 Å². The van der Waals surface area contributed by atoms with Crippen LogP contribution in [0.15, 0.2) is 41.1 Å². The molecule has 7 nitrogen and oxygen atoms in total. The van der Waals surface area contributed by atoms with Crippen molar-refractivity contribution in [2.75, 3.05) is 29.5 Å². The van der Waals surface area contributed by atoms with Gasteiger partial charge in [0.2, 0.25) is 0 Å². The molecule has 4 heterocycles. The molecule has 3 aromatic heterocycles. The summed E-state index contributed by atoms with van der Waals surface area (Å²) in [5, 5.41) is 5.17. The molecule has 0 radical (unpaired) electrons. The molecule has 1 fully saturated rings. The first-order valence-electron chi connectivity index (χ1n) is 9.37. The van der Waals surface area contributed by atoms with Crippen molar-refractivity contribution in [2.45, 2.75) is 6.92 Å². The van der Waals surface area contributed by atoms with Gasteiger partial charge in [0.05, 0.1) is 33.4 Å². The SMILES string of the molecule is Cc1c(Br)c(N2CCS(=O)(=O)CC2)nc2c(-c3cnc4ccc(F)cc4c3)cnn12. The summed E-state index contributed by atoms with van der Waals surface area (Å²) in [5.74, 6) is 0.591. The number of nitrogens with zero attached hydrogens (tertiary/aromatic N) is 5. The van der Waals surface area contributed by atoms with Crippen LogP contribution in [0.3, 0.4) is 0 Å². The van der Waals surface area contributed by atoms with Crippen LogP contribution in [0.25, 0.3) is 27.7 Å². The Labute approximate surface area is 180 Å². The van der Waals surface area contributed by atoms with Gasteiger partial charge in [-0.1, -0.05) is 0 Å². The molecule has 1 aliphatic rings. The van der Waals surface area contributed by atoms with Gasteiger partial charge in [-0.2, -0.15) is 5.10 Å². The van der Waals surface area contributed by atoms with Crippen LogP contribution in [0.5, 0.6) is 0 Å². The Morgan fingerprint density at radius 3 is 2.67 bits per heavy atom. The topological polar surface area (TPSA) is 80.5 Å². The molecular formula is C20H17BrFN5O2S. The standard InChI is InChI=1S/C20H17BrFN5O2S/c1-12-18(21)20(26-4-6-30(28,29)7-5-26)25-19-16(11-24-27(12)19)14-8-13-9-15(22)2-3-17(13)23-10-14/h2-3,8-11H,4-7H2,1H3. The minimum Gasteiger partial charge on any atom is -0.354 e. The van der Waals surface area contributed by atoms with Gasteiger partial charge in [0.1, 0.15) is 11.6 Å². The zero-order valence-corrected chi connectivity index (χ0v) is 18.4. The second-order valence-electron chi connectivity index (χ2n) is 7.33. The van der Waals surface area contributed by atoms with E-state index in [2.05, 4.69) is 26.0 Å². The third kappa shape index (κ3) is 3.24. The number of hydrogen-bond acceptors (Lipinski definition) is 6. The van der Waals surface area contributed by atoms with Gasteiger partial charge in [0, 0.05) is 35.8 Å². The van der Waals surface area contributed by atoms with Gasteiger partial charge in [-0.25, -0.2) is 22.3 Å². The minimum absolute atomic E-state index is 0.109. The Balaban J connectivity index is 1.65. The minimum atomic E-state index is -2.99. The van der Waals surface area contributed by atoms with E-state index in [-0.39, 0.29) is 17.3 Å². The van der Waals surface area contributed by atoms with Crippen LogP contribution in [-0.2, 0) is 9.84 Å². The van der Waals surface area contributed by atoms with E-state index in [9.17, 15) is 12.8 Å². The number of aryl methyl sites for hydroxylation is 1. The van der Waals surface area contributed by atoms with Crippen LogP contribution in [-0.4, -0.2) is 52.6 Å². The van der Waals surface area contributed by atoms with Crippen molar-refractivity contribution >= 4 is 48.1 Å². The van der Waals surface area contributed by atoms with E-state index in [4.69, 9.17) is 4.98 Å². The molecule has 10 heteroatoms. The molecule has 0 unspecified atom stereocenters. The first-order chi connectivity index (χ1) is 14.3. The van der Waals surface area contributed by atoms with Crippen LogP contribution in [0.1, 0.15) is 5.69 Å². The number of pyridine rings is 1. The van der Waals surface area contributed by atoms with Gasteiger partial charge in [0.25, 0.3) is 0 Å². The molecule has 1 saturated heterocycles. The molecule has 0 saturated carbocycles. The van der Waals surface area contributed by atoms with E-state index in [1.807, 2.05) is 17.9 Å². The molecule has 4 aromatic rings. The van der Waals surface area contributed by atoms with Crippen LogP contribution in [0.4, 0.5) is 10.2 Å². The summed E-state index contributed by atoms with van der Waals surface area (Å²) in [6.07, 6.45) is 3.44. The van der Waals surface area contributed by atoms with E-state index in [0.29, 0.717) is 35.5 Å². The highest BCUT2D eigenvalue weighted by Crippen LogP contribution is 2.33. The maximum Gasteiger partial charge on any atom is 0.165 e. The number of fused-ring (bicyclic) bond motifs is 2. The van der Waals surface area contributed by atoms with Gasteiger partial charge in [-0.15, -0.1) is 0 Å².